The van der Waals surface area contributed by atoms with Crippen LogP contribution in [-0.4, -0.2) is 12.9 Å². The van der Waals surface area contributed by atoms with E-state index in [0.717, 1.165) is 18.8 Å². The molecule has 1 aliphatic rings. The molecule has 0 spiro atoms. The highest BCUT2D eigenvalue weighted by molar-refractivity contribution is 5.75. The highest BCUT2D eigenvalue weighted by Crippen LogP contribution is 2.32. The van der Waals surface area contributed by atoms with Crippen molar-refractivity contribution in [1.29, 1.82) is 0 Å². The molecule has 2 nitrogen and oxygen atoms in total. The van der Waals surface area contributed by atoms with E-state index in [-0.39, 0.29) is 11.3 Å². The van der Waals surface area contributed by atoms with Crippen LogP contribution in [0.4, 0.5) is 8.78 Å². The Labute approximate surface area is 124 Å². The Hall–Kier alpha value is -1.45. The Kier molecular flexibility index (Phi) is 5.71. The van der Waals surface area contributed by atoms with Crippen LogP contribution >= 0.6 is 0 Å². The highest BCUT2D eigenvalue weighted by atomic mass is 19.2. The Morgan fingerprint density at radius 1 is 1.14 bits per heavy atom. The number of hydrogen-bond acceptors (Lipinski definition) is 2. The van der Waals surface area contributed by atoms with Gasteiger partial charge in [0.2, 0.25) is 5.82 Å². The molecule has 0 aliphatic heterocycles. The van der Waals surface area contributed by atoms with Gasteiger partial charge >= 0.3 is 0 Å². The first-order chi connectivity index (χ1) is 10.2. The van der Waals surface area contributed by atoms with Crippen molar-refractivity contribution in [2.24, 2.45) is 11.8 Å². The summed E-state index contributed by atoms with van der Waals surface area (Å²) in [5.41, 5.74) is -0.278. The predicted molar refractivity (Wildman–Crippen MR) is 77.6 cm³/mol. The number of aldehydes is 1. The van der Waals surface area contributed by atoms with Gasteiger partial charge in [0.1, 0.15) is 0 Å². The molecule has 1 saturated carbocycles. The van der Waals surface area contributed by atoms with Crippen molar-refractivity contribution in [3.8, 4) is 5.75 Å². The molecule has 21 heavy (non-hydrogen) atoms. The lowest BCUT2D eigenvalue weighted by atomic mass is 9.80. The van der Waals surface area contributed by atoms with Gasteiger partial charge < -0.3 is 4.74 Å². The topological polar surface area (TPSA) is 26.3 Å². The predicted octanol–water partition coefficient (Wildman–Crippen LogP) is 4.76. The van der Waals surface area contributed by atoms with E-state index < -0.39 is 11.6 Å². The van der Waals surface area contributed by atoms with Crippen molar-refractivity contribution < 1.29 is 18.3 Å². The third kappa shape index (κ3) is 4.02. The van der Waals surface area contributed by atoms with Crippen molar-refractivity contribution in [2.45, 2.75) is 45.4 Å². The fourth-order valence-electron chi connectivity index (χ4n) is 3.05. The van der Waals surface area contributed by atoms with Crippen molar-refractivity contribution in [3.63, 3.8) is 0 Å². The van der Waals surface area contributed by atoms with Crippen molar-refractivity contribution in [1.82, 2.24) is 0 Å². The normalized spacial score (nSPS) is 22.0. The Morgan fingerprint density at radius 3 is 2.43 bits per heavy atom. The van der Waals surface area contributed by atoms with Crippen LogP contribution in [0.15, 0.2) is 12.1 Å². The van der Waals surface area contributed by atoms with Crippen LogP contribution in [0, 0.1) is 23.5 Å². The van der Waals surface area contributed by atoms with Gasteiger partial charge in [-0.2, -0.15) is 4.39 Å². The molecular weight excluding hydrogens is 274 g/mol. The molecule has 1 aromatic rings. The van der Waals surface area contributed by atoms with Crippen LogP contribution in [0.1, 0.15) is 55.8 Å². The van der Waals surface area contributed by atoms with Crippen LogP contribution in [0.2, 0.25) is 0 Å². The van der Waals surface area contributed by atoms with E-state index in [1.807, 2.05) is 0 Å². The summed E-state index contributed by atoms with van der Waals surface area (Å²) in [6.45, 7) is 2.62. The summed E-state index contributed by atoms with van der Waals surface area (Å²) in [7, 11) is 0. The summed E-state index contributed by atoms with van der Waals surface area (Å²) in [5.74, 6) is -1.08. The van der Waals surface area contributed by atoms with Crippen molar-refractivity contribution >= 4 is 6.29 Å². The largest absolute Gasteiger partial charge is 0.490 e. The van der Waals surface area contributed by atoms with Gasteiger partial charge in [0, 0.05) is 0 Å². The first-order valence-electron chi connectivity index (χ1n) is 7.71. The first-order valence-corrected chi connectivity index (χ1v) is 7.71. The number of benzene rings is 1. The molecule has 0 bridgehead atoms. The second-order valence-corrected chi connectivity index (χ2v) is 5.89. The van der Waals surface area contributed by atoms with Gasteiger partial charge in [0.15, 0.2) is 17.9 Å². The smallest absolute Gasteiger partial charge is 0.201 e. The fourth-order valence-corrected chi connectivity index (χ4v) is 3.05. The third-order valence-corrected chi connectivity index (χ3v) is 4.34. The average molecular weight is 296 g/mol. The van der Waals surface area contributed by atoms with Gasteiger partial charge in [-0.3, -0.25) is 4.79 Å². The summed E-state index contributed by atoms with van der Waals surface area (Å²) < 4.78 is 32.6. The average Bonchev–Trinajstić information content (AvgIpc) is 2.50. The minimum Gasteiger partial charge on any atom is -0.490 e. The van der Waals surface area contributed by atoms with Crippen LogP contribution < -0.4 is 4.74 Å². The molecule has 116 valence electrons. The SMILES string of the molecule is CCCC1CCC(COc2ccc(C=O)c(F)c2F)CC1. The summed E-state index contributed by atoms with van der Waals surface area (Å²) in [5, 5.41) is 0. The summed E-state index contributed by atoms with van der Waals surface area (Å²) in [6.07, 6.45) is 7.37. The molecule has 0 atom stereocenters. The third-order valence-electron chi connectivity index (χ3n) is 4.34. The van der Waals surface area contributed by atoms with Gasteiger partial charge in [-0.1, -0.05) is 32.6 Å². The monoisotopic (exact) mass is 296 g/mol. The van der Waals surface area contributed by atoms with E-state index >= 15 is 0 Å². The maximum atomic E-state index is 13.7. The van der Waals surface area contributed by atoms with E-state index in [2.05, 4.69) is 6.92 Å². The molecule has 1 fully saturated rings. The van der Waals surface area contributed by atoms with Crippen LogP contribution in [0.3, 0.4) is 0 Å². The van der Waals surface area contributed by atoms with Crippen molar-refractivity contribution in [2.75, 3.05) is 6.61 Å². The van der Waals surface area contributed by atoms with Crippen LogP contribution in [0.25, 0.3) is 0 Å². The maximum absolute atomic E-state index is 13.7. The molecule has 0 radical (unpaired) electrons. The standard InChI is InChI=1S/C17H22F2O2/c1-2-3-12-4-6-13(7-5-12)11-21-15-9-8-14(10-20)16(18)17(15)19/h8-10,12-13H,2-7,11H2,1H3. The molecule has 2 rings (SSSR count). The maximum Gasteiger partial charge on any atom is 0.201 e. The van der Waals surface area contributed by atoms with Gasteiger partial charge in [0.05, 0.1) is 12.2 Å². The molecule has 4 heteroatoms. The van der Waals surface area contributed by atoms with Gasteiger partial charge in [-0.15, -0.1) is 0 Å². The van der Waals surface area contributed by atoms with Gasteiger partial charge in [-0.25, -0.2) is 4.39 Å². The minimum atomic E-state index is -1.13. The lowest BCUT2D eigenvalue weighted by Crippen LogP contribution is -2.20. The zero-order valence-corrected chi connectivity index (χ0v) is 12.4. The minimum absolute atomic E-state index is 0.103. The summed E-state index contributed by atoms with van der Waals surface area (Å²) in [4.78, 5) is 10.5. The molecule has 0 amide bonds. The number of rotatable bonds is 6. The summed E-state index contributed by atoms with van der Waals surface area (Å²) >= 11 is 0. The van der Waals surface area contributed by atoms with E-state index in [1.165, 1.54) is 37.8 Å². The molecule has 1 aliphatic carbocycles. The second-order valence-electron chi connectivity index (χ2n) is 5.89. The number of carbonyl (C=O) groups is 1. The number of hydrogen-bond donors (Lipinski definition) is 0. The lowest BCUT2D eigenvalue weighted by Gasteiger charge is -2.28. The summed E-state index contributed by atoms with van der Waals surface area (Å²) in [6, 6.07) is 2.57. The Bertz CT molecular complexity index is 480. The quantitative estimate of drug-likeness (QED) is 0.707. The molecule has 0 N–H and O–H groups in total. The van der Waals surface area contributed by atoms with E-state index in [9.17, 15) is 13.6 Å². The van der Waals surface area contributed by atoms with Crippen LogP contribution in [-0.2, 0) is 0 Å². The molecule has 0 heterocycles. The van der Waals surface area contributed by atoms with Gasteiger partial charge in [-0.05, 0) is 36.8 Å². The van der Waals surface area contributed by atoms with E-state index in [4.69, 9.17) is 4.74 Å². The second kappa shape index (κ2) is 7.53. The van der Waals surface area contributed by atoms with Gasteiger partial charge in [0.25, 0.3) is 0 Å². The zero-order valence-electron chi connectivity index (χ0n) is 12.4. The molecule has 1 aromatic carbocycles. The number of ether oxygens (including phenoxy) is 1. The lowest BCUT2D eigenvalue weighted by molar-refractivity contribution is 0.111. The first kappa shape index (κ1) is 15.9. The van der Waals surface area contributed by atoms with E-state index in [0.29, 0.717) is 18.8 Å². The van der Waals surface area contributed by atoms with Crippen LogP contribution in [0.5, 0.6) is 5.75 Å². The molecule has 0 aromatic heterocycles. The number of halogens is 2. The number of carbonyl (C=O) groups excluding carboxylic acids is 1. The highest BCUT2D eigenvalue weighted by Gasteiger charge is 2.22. The molecular formula is C17H22F2O2. The zero-order chi connectivity index (χ0) is 15.2. The van der Waals surface area contributed by atoms with E-state index in [1.54, 1.807) is 0 Å². The Morgan fingerprint density at radius 2 is 1.81 bits per heavy atom. The molecule has 0 unspecified atom stereocenters. The Balaban J connectivity index is 1.87. The van der Waals surface area contributed by atoms with Crippen molar-refractivity contribution in [3.05, 3.63) is 29.3 Å². The molecule has 0 saturated heterocycles. The fraction of sp³-hybridized carbons (Fsp3) is 0.588.